The van der Waals surface area contributed by atoms with Crippen LogP contribution in [0.2, 0.25) is 0 Å². The lowest BCUT2D eigenvalue weighted by molar-refractivity contribution is -0.139. The molecule has 0 radical (unpaired) electrons. The van der Waals surface area contributed by atoms with Crippen molar-refractivity contribution in [3.63, 3.8) is 0 Å². The lowest BCUT2D eigenvalue weighted by atomic mass is 9.96. The molecule has 7 nitrogen and oxygen atoms in total. The largest absolute Gasteiger partial charge is 0.481 e. The van der Waals surface area contributed by atoms with Gasteiger partial charge in [0.05, 0.1) is 36.6 Å². The van der Waals surface area contributed by atoms with Crippen LogP contribution in [0, 0.1) is 5.82 Å². The Hall–Kier alpha value is -3.62. The minimum atomic E-state index is -1.21. The number of carboxylic acids is 1. The zero-order valence-corrected chi connectivity index (χ0v) is 19.6. The maximum Gasteiger partial charge on any atom is 0.348 e. The molecular formula is C27H29FN2O5. The van der Waals surface area contributed by atoms with Crippen LogP contribution in [0.25, 0.3) is 17.3 Å². The average Bonchev–Trinajstić information content (AvgIpc) is 2.79. The first-order valence-corrected chi connectivity index (χ1v) is 11.4. The minimum absolute atomic E-state index is 0.136. The summed E-state index contributed by atoms with van der Waals surface area (Å²) in [6, 6.07) is 15.2. The summed E-state index contributed by atoms with van der Waals surface area (Å²) in [5.41, 5.74) is 2.63. The Morgan fingerprint density at radius 1 is 1.09 bits per heavy atom. The van der Waals surface area contributed by atoms with Gasteiger partial charge in [-0.05, 0) is 41.3 Å². The standard InChI is InChI=1S/C27H29FN2O5/c1-17(2)25-23(13-12-21(31)14-22(32)15-24(33)34)26(19-8-10-20(28)11-9-19)30(27(35)29-25)16-18-6-4-3-5-7-18/h3-13,17,21-22,31-32H,14-16H2,1-2H3,(H,33,34)/b13-12+/t21-,22-/m1/s1. The van der Waals surface area contributed by atoms with E-state index >= 15 is 0 Å². The van der Waals surface area contributed by atoms with Gasteiger partial charge in [0.2, 0.25) is 0 Å². The van der Waals surface area contributed by atoms with Crippen LogP contribution >= 0.6 is 0 Å². The molecule has 0 fully saturated rings. The predicted octanol–water partition coefficient (Wildman–Crippen LogP) is 3.82. The van der Waals surface area contributed by atoms with Crippen molar-refractivity contribution >= 4 is 12.0 Å². The third-order valence-corrected chi connectivity index (χ3v) is 5.50. The Kier molecular flexibility index (Phi) is 8.68. The third kappa shape index (κ3) is 6.94. The number of halogens is 1. The van der Waals surface area contributed by atoms with Gasteiger partial charge in [0.25, 0.3) is 0 Å². The van der Waals surface area contributed by atoms with E-state index in [1.807, 2.05) is 44.2 Å². The van der Waals surface area contributed by atoms with E-state index in [2.05, 4.69) is 4.98 Å². The van der Waals surface area contributed by atoms with Crippen LogP contribution in [-0.2, 0) is 11.3 Å². The van der Waals surface area contributed by atoms with Gasteiger partial charge in [-0.15, -0.1) is 0 Å². The van der Waals surface area contributed by atoms with Gasteiger partial charge in [-0.2, -0.15) is 4.98 Å². The van der Waals surface area contributed by atoms with E-state index in [-0.39, 0.29) is 18.9 Å². The fourth-order valence-electron chi connectivity index (χ4n) is 3.87. The molecule has 0 bridgehead atoms. The third-order valence-electron chi connectivity index (χ3n) is 5.50. The van der Waals surface area contributed by atoms with Crippen LogP contribution in [-0.4, -0.2) is 43.0 Å². The van der Waals surface area contributed by atoms with Crippen molar-refractivity contribution in [2.45, 2.75) is 51.4 Å². The first-order chi connectivity index (χ1) is 16.7. The van der Waals surface area contributed by atoms with Crippen LogP contribution in [0.1, 0.15) is 49.4 Å². The van der Waals surface area contributed by atoms with Crippen molar-refractivity contribution in [2.24, 2.45) is 0 Å². The number of nitrogens with zero attached hydrogens (tertiary/aromatic N) is 2. The first kappa shape index (κ1) is 26.0. The number of aromatic nitrogens is 2. The van der Waals surface area contributed by atoms with Gasteiger partial charge >= 0.3 is 11.7 Å². The monoisotopic (exact) mass is 480 g/mol. The summed E-state index contributed by atoms with van der Waals surface area (Å²) in [6.45, 7) is 4.02. The molecule has 0 aliphatic carbocycles. The van der Waals surface area contributed by atoms with E-state index < -0.39 is 36.1 Å². The van der Waals surface area contributed by atoms with E-state index in [1.54, 1.807) is 18.2 Å². The summed E-state index contributed by atoms with van der Waals surface area (Å²) in [5.74, 6) is -1.71. The molecule has 3 aromatic rings. The summed E-state index contributed by atoms with van der Waals surface area (Å²) >= 11 is 0. The molecule has 0 saturated carbocycles. The van der Waals surface area contributed by atoms with E-state index in [1.165, 1.54) is 22.8 Å². The van der Waals surface area contributed by atoms with Gasteiger partial charge in [0.15, 0.2) is 0 Å². The highest BCUT2D eigenvalue weighted by Gasteiger charge is 2.20. The van der Waals surface area contributed by atoms with Gasteiger partial charge in [0.1, 0.15) is 5.82 Å². The summed E-state index contributed by atoms with van der Waals surface area (Å²) in [5, 5.41) is 29.1. The number of benzene rings is 2. The van der Waals surface area contributed by atoms with Crippen molar-refractivity contribution < 1.29 is 24.5 Å². The van der Waals surface area contributed by atoms with Gasteiger partial charge in [0, 0.05) is 12.0 Å². The number of aliphatic carboxylic acids is 1. The number of carbonyl (C=O) groups is 1. The number of hydrogen-bond donors (Lipinski definition) is 3. The van der Waals surface area contributed by atoms with E-state index in [0.717, 1.165) is 5.56 Å². The molecule has 1 heterocycles. The van der Waals surface area contributed by atoms with E-state index in [0.29, 0.717) is 22.5 Å². The summed E-state index contributed by atoms with van der Waals surface area (Å²) in [6.07, 6.45) is 0.0895. The molecule has 0 aliphatic heterocycles. The van der Waals surface area contributed by atoms with Crippen LogP contribution in [0.5, 0.6) is 0 Å². The van der Waals surface area contributed by atoms with Crippen molar-refractivity contribution in [3.05, 3.63) is 93.8 Å². The maximum atomic E-state index is 13.7. The summed E-state index contributed by atoms with van der Waals surface area (Å²) in [4.78, 5) is 28.3. The molecule has 8 heteroatoms. The molecular weight excluding hydrogens is 451 g/mol. The van der Waals surface area contributed by atoms with Gasteiger partial charge in [-0.1, -0.05) is 56.3 Å². The second kappa shape index (κ2) is 11.7. The average molecular weight is 481 g/mol. The predicted molar refractivity (Wildman–Crippen MR) is 131 cm³/mol. The fourth-order valence-corrected chi connectivity index (χ4v) is 3.87. The van der Waals surface area contributed by atoms with Crippen LogP contribution < -0.4 is 5.69 Å². The second-order valence-corrected chi connectivity index (χ2v) is 8.69. The van der Waals surface area contributed by atoms with Crippen molar-refractivity contribution in [2.75, 3.05) is 0 Å². The Bertz CT molecular complexity index is 1240. The molecule has 184 valence electrons. The molecule has 3 N–H and O–H groups in total. The van der Waals surface area contributed by atoms with Gasteiger partial charge < -0.3 is 15.3 Å². The van der Waals surface area contributed by atoms with Gasteiger partial charge in [-0.25, -0.2) is 9.18 Å². The molecule has 0 aliphatic rings. The van der Waals surface area contributed by atoms with Crippen molar-refractivity contribution in [1.29, 1.82) is 0 Å². The van der Waals surface area contributed by atoms with E-state index in [9.17, 15) is 24.2 Å². The molecule has 2 aromatic carbocycles. The fraction of sp³-hybridized carbons (Fsp3) is 0.296. The molecule has 0 unspecified atom stereocenters. The Morgan fingerprint density at radius 2 is 1.74 bits per heavy atom. The van der Waals surface area contributed by atoms with Gasteiger partial charge in [-0.3, -0.25) is 9.36 Å². The number of hydrogen-bond acceptors (Lipinski definition) is 5. The molecule has 0 saturated heterocycles. The zero-order valence-electron chi connectivity index (χ0n) is 19.6. The molecule has 0 amide bonds. The molecule has 35 heavy (non-hydrogen) atoms. The number of aliphatic hydroxyl groups is 2. The number of rotatable bonds is 10. The highest BCUT2D eigenvalue weighted by Crippen LogP contribution is 2.30. The Morgan fingerprint density at radius 3 is 2.34 bits per heavy atom. The first-order valence-electron chi connectivity index (χ1n) is 11.4. The topological polar surface area (TPSA) is 113 Å². The molecule has 2 atom stereocenters. The molecule has 0 spiro atoms. The normalized spacial score (nSPS) is 13.3. The van der Waals surface area contributed by atoms with Crippen LogP contribution in [0.3, 0.4) is 0 Å². The molecule has 1 aromatic heterocycles. The van der Waals surface area contributed by atoms with Crippen molar-refractivity contribution in [3.8, 4) is 11.3 Å². The Balaban J connectivity index is 2.15. The van der Waals surface area contributed by atoms with Crippen LogP contribution in [0.4, 0.5) is 4.39 Å². The number of carboxylic acid groups (broad SMARTS) is 1. The van der Waals surface area contributed by atoms with E-state index in [4.69, 9.17) is 5.11 Å². The summed E-state index contributed by atoms with van der Waals surface area (Å²) < 4.78 is 15.2. The lowest BCUT2D eigenvalue weighted by Crippen LogP contribution is -2.28. The minimum Gasteiger partial charge on any atom is -0.481 e. The SMILES string of the molecule is CC(C)c1nc(=O)n(Cc2ccccc2)c(-c2ccc(F)cc2)c1/C=C/[C@@H](O)C[C@@H](O)CC(=O)O. The molecule has 3 rings (SSSR count). The second-order valence-electron chi connectivity index (χ2n) is 8.69. The Labute approximate surface area is 202 Å². The van der Waals surface area contributed by atoms with Crippen molar-refractivity contribution in [1.82, 2.24) is 9.55 Å². The quantitative estimate of drug-likeness (QED) is 0.407. The summed E-state index contributed by atoms with van der Waals surface area (Å²) in [7, 11) is 0. The van der Waals surface area contributed by atoms with Crippen LogP contribution in [0.15, 0.2) is 65.5 Å². The smallest absolute Gasteiger partial charge is 0.348 e. The highest BCUT2D eigenvalue weighted by molar-refractivity contribution is 5.74. The maximum absolute atomic E-state index is 13.7. The zero-order chi connectivity index (χ0) is 25.5. The highest BCUT2D eigenvalue weighted by atomic mass is 19.1. The lowest BCUT2D eigenvalue weighted by Gasteiger charge is -2.20. The number of aliphatic hydroxyl groups excluding tert-OH is 2.